The smallest absolute Gasteiger partial charge is 0.191 e. The topological polar surface area (TPSA) is 70.6 Å². The van der Waals surface area contributed by atoms with Gasteiger partial charge in [0.15, 0.2) is 15.8 Å². The molecular weight excluding hydrogens is 402 g/mol. The van der Waals surface area contributed by atoms with Gasteiger partial charge >= 0.3 is 0 Å². The molecule has 0 heterocycles. The van der Waals surface area contributed by atoms with Gasteiger partial charge in [-0.15, -0.1) is 0 Å². The molecule has 1 aromatic rings. The van der Waals surface area contributed by atoms with Gasteiger partial charge < -0.3 is 10.6 Å². The summed E-state index contributed by atoms with van der Waals surface area (Å²) in [6.07, 6.45) is 3.29. The summed E-state index contributed by atoms with van der Waals surface area (Å²) in [6, 6.07) is 8.35. The SMILES string of the molecule is CCC(CNC(=NC)NCC(C)(C)S(C)(=O)=O)Cc1cccc(Br)c1. The number of nitrogens with one attached hydrogen (secondary N) is 2. The van der Waals surface area contributed by atoms with E-state index in [1.165, 1.54) is 11.8 Å². The minimum Gasteiger partial charge on any atom is -0.356 e. The Labute approximate surface area is 160 Å². The predicted molar refractivity (Wildman–Crippen MR) is 110 cm³/mol. The quantitative estimate of drug-likeness (QED) is 0.490. The third kappa shape index (κ3) is 7.36. The molecule has 0 spiro atoms. The molecule has 1 atom stereocenters. The second kappa shape index (κ2) is 9.57. The lowest BCUT2D eigenvalue weighted by Gasteiger charge is -2.25. The highest BCUT2D eigenvalue weighted by Crippen LogP contribution is 2.17. The van der Waals surface area contributed by atoms with Gasteiger partial charge in [0.2, 0.25) is 0 Å². The van der Waals surface area contributed by atoms with Crippen LogP contribution in [0.15, 0.2) is 33.7 Å². The van der Waals surface area contributed by atoms with Crippen LogP contribution in [0.1, 0.15) is 32.8 Å². The van der Waals surface area contributed by atoms with Crippen LogP contribution in [0.5, 0.6) is 0 Å². The summed E-state index contributed by atoms with van der Waals surface area (Å²) >= 11 is 3.51. The predicted octanol–water partition coefficient (Wildman–Crippen LogP) is 3.01. The molecule has 7 heteroatoms. The first-order valence-electron chi connectivity index (χ1n) is 8.47. The Kier molecular flexibility index (Phi) is 8.41. The fraction of sp³-hybridized carbons (Fsp3) is 0.611. The van der Waals surface area contributed by atoms with Crippen molar-refractivity contribution in [1.82, 2.24) is 10.6 Å². The normalized spacial score (nSPS) is 14.2. The van der Waals surface area contributed by atoms with Crippen molar-refractivity contribution in [2.45, 2.75) is 38.4 Å². The molecule has 2 N–H and O–H groups in total. The lowest BCUT2D eigenvalue weighted by Crippen LogP contribution is -2.48. The molecule has 0 aliphatic carbocycles. The number of aliphatic imine (C=N–C) groups is 1. The van der Waals surface area contributed by atoms with Crippen LogP contribution < -0.4 is 10.6 Å². The Morgan fingerprint density at radius 2 is 2.00 bits per heavy atom. The van der Waals surface area contributed by atoms with Crippen molar-refractivity contribution in [2.24, 2.45) is 10.9 Å². The van der Waals surface area contributed by atoms with Crippen molar-refractivity contribution in [3.05, 3.63) is 34.3 Å². The first-order valence-corrected chi connectivity index (χ1v) is 11.2. The summed E-state index contributed by atoms with van der Waals surface area (Å²) in [6.45, 7) is 6.69. The molecule has 0 aliphatic rings. The molecule has 1 rings (SSSR count). The van der Waals surface area contributed by atoms with Gasteiger partial charge in [0.05, 0.1) is 4.75 Å². The molecule has 1 aromatic carbocycles. The van der Waals surface area contributed by atoms with Crippen LogP contribution >= 0.6 is 15.9 Å². The van der Waals surface area contributed by atoms with Gasteiger partial charge in [-0.3, -0.25) is 4.99 Å². The minimum absolute atomic E-state index is 0.313. The van der Waals surface area contributed by atoms with E-state index in [9.17, 15) is 8.42 Å². The van der Waals surface area contributed by atoms with Gasteiger partial charge in [-0.05, 0) is 43.9 Å². The zero-order valence-corrected chi connectivity index (χ0v) is 18.2. The fourth-order valence-electron chi connectivity index (χ4n) is 2.25. The van der Waals surface area contributed by atoms with Crippen LogP contribution in [0.4, 0.5) is 0 Å². The number of nitrogens with zero attached hydrogens (tertiary/aromatic N) is 1. The van der Waals surface area contributed by atoms with Crippen molar-refractivity contribution < 1.29 is 8.42 Å². The number of rotatable bonds is 8. The average Bonchev–Trinajstić information content (AvgIpc) is 2.52. The molecule has 0 saturated carbocycles. The molecule has 0 saturated heterocycles. The summed E-state index contributed by atoms with van der Waals surface area (Å²) in [5.41, 5.74) is 1.30. The van der Waals surface area contributed by atoms with Crippen LogP contribution in [-0.4, -0.2) is 45.5 Å². The van der Waals surface area contributed by atoms with Gasteiger partial charge in [0.1, 0.15) is 0 Å². The molecule has 0 fully saturated rings. The van der Waals surface area contributed by atoms with E-state index in [0.29, 0.717) is 18.4 Å². The molecule has 0 radical (unpaired) electrons. The number of sulfone groups is 1. The zero-order chi connectivity index (χ0) is 19.1. The van der Waals surface area contributed by atoms with E-state index >= 15 is 0 Å². The zero-order valence-electron chi connectivity index (χ0n) is 15.8. The maximum Gasteiger partial charge on any atom is 0.191 e. The van der Waals surface area contributed by atoms with Gasteiger partial charge in [-0.2, -0.15) is 0 Å². The van der Waals surface area contributed by atoms with Crippen LogP contribution in [0, 0.1) is 5.92 Å². The Morgan fingerprint density at radius 3 is 2.52 bits per heavy atom. The van der Waals surface area contributed by atoms with E-state index in [0.717, 1.165) is 23.9 Å². The Hall–Kier alpha value is -1.08. The summed E-state index contributed by atoms with van der Waals surface area (Å²) in [4.78, 5) is 4.19. The lowest BCUT2D eigenvalue weighted by molar-refractivity contribution is 0.491. The third-order valence-corrected chi connectivity index (χ3v) is 7.10. The molecule has 5 nitrogen and oxygen atoms in total. The molecule has 0 bridgehead atoms. The van der Waals surface area contributed by atoms with Crippen molar-refractivity contribution in [2.75, 3.05) is 26.4 Å². The van der Waals surface area contributed by atoms with Crippen molar-refractivity contribution in [3.63, 3.8) is 0 Å². The third-order valence-electron chi connectivity index (χ3n) is 4.46. The largest absolute Gasteiger partial charge is 0.356 e. The summed E-state index contributed by atoms with van der Waals surface area (Å²) in [5, 5.41) is 6.43. The average molecular weight is 432 g/mol. The maximum atomic E-state index is 11.8. The second-order valence-corrected chi connectivity index (χ2v) is 10.5. The Bertz CT molecular complexity index is 687. The molecule has 0 amide bonds. The fourth-order valence-corrected chi connectivity index (χ4v) is 3.03. The van der Waals surface area contributed by atoms with E-state index in [1.807, 2.05) is 12.1 Å². The van der Waals surface area contributed by atoms with Gasteiger partial charge in [-0.25, -0.2) is 8.42 Å². The van der Waals surface area contributed by atoms with Crippen molar-refractivity contribution in [3.8, 4) is 0 Å². The summed E-state index contributed by atoms with van der Waals surface area (Å²) < 4.78 is 23.8. The van der Waals surface area contributed by atoms with E-state index in [4.69, 9.17) is 0 Å². The van der Waals surface area contributed by atoms with Crippen LogP contribution in [0.2, 0.25) is 0 Å². The molecule has 1 unspecified atom stereocenters. The molecule has 0 aromatic heterocycles. The van der Waals surface area contributed by atoms with Crippen molar-refractivity contribution in [1.29, 1.82) is 0 Å². The lowest BCUT2D eigenvalue weighted by atomic mass is 9.97. The number of hydrogen-bond donors (Lipinski definition) is 2. The molecule has 25 heavy (non-hydrogen) atoms. The second-order valence-electron chi connectivity index (χ2n) is 6.95. The van der Waals surface area contributed by atoms with Crippen molar-refractivity contribution >= 4 is 31.7 Å². The highest BCUT2D eigenvalue weighted by atomic mass is 79.9. The Morgan fingerprint density at radius 1 is 1.32 bits per heavy atom. The van der Waals surface area contributed by atoms with E-state index in [1.54, 1.807) is 20.9 Å². The minimum atomic E-state index is -3.14. The molecular formula is C18H30BrN3O2S. The first kappa shape index (κ1) is 22.0. The highest BCUT2D eigenvalue weighted by molar-refractivity contribution is 9.10. The molecule has 142 valence electrons. The summed E-state index contributed by atoms with van der Waals surface area (Å²) in [5.74, 6) is 1.10. The Balaban J connectivity index is 2.57. The number of hydrogen-bond acceptors (Lipinski definition) is 3. The highest BCUT2D eigenvalue weighted by Gasteiger charge is 2.30. The monoisotopic (exact) mass is 431 g/mol. The first-order chi connectivity index (χ1) is 11.6. The van der Waals surface area contributed by atoms with E-state index in [2.05, 4.69) is 50.6 Å². The van der Waals surface area contributed by atoms with E-state index < -0.39 is 14.6 Å². The van der Waals surface area contributed by atoms with Gasteiger partial charge in [0.25, 0.3) is 0 Å². The number of benzene rings is 1. The summed E-state index contributed by atoms with van der Waals surface area (Å²) in [7, 11) is -1.44. The molecule has 0 aliphatic heterocycles. The maximum absolute atomic E-state index is 11.8. The van der Waals surface area contributed by atoms with Crippen LogP contribution in [-0.2, 0) is 16.3 Å². The van der Waals surface area contributed by atoms with Gasteiger partial charge in [0, 0.05) is 30.9 Å². The van der Waals surface area contributed by atoms with Gasteiger partial charge in [-0.1, -0.05) is 41.4 Å². The standard InChI is InChI=1S/C18H30BrN3O2S/c1-6-14(10-15-8-7-9-16(19)11-15)12-21-17(20-4)22-13-18(2,3)25(5,23)24/h7-9,11,14H,6,10,12-13H2,1-5H3,(H2,20,21,22). The van der Waals surface area contributed by atoms with Crippen LogP contribution in [0.25, 0.3) is 0 Å². The van der Waals surface area contributed by atoms with E-state index in [-0.39, 0.29) is 0 Å². The van der Waals surface area contributed by atoms with Crippen LogP contribution in [0.3, 0.4) is 0 Å². The number of guanidine groups is 1. The number of halogens is 1.